The zero-order valence-corrected chi connectivity index (χ0v) is 11.4. The number of carbonyl (C=O) groups excluding carboxylic acids is 1. The monoisotopic (exact) mass is 267 g/mol. The number of nitrogens with two attached hydrogens (primary N) is 1. The highest BCUT2D eigenvalue weighted by molar-refractivity contribution is 5.84. The summed E-state index contributed by atoms with van der Waals surface area (Å²) in [5, 5.41) is 3.66. The predicted molar refractivity (Wildman–Crippen MR) is 68.5 cm³/mol. The van der Waals surface area contributed by atoms with E-state index in [4.69, 9.17) is 15.0 Å². The Morgan fingerprint density at radius 1 is 1.42 bits per heavy atom. The maximum absolute atomic E-state index is 11.5. The molecule has 1 aliphatic rings. The SMILES string of the molecule is CCOC(=O)c1noc(CC2(CN)CCCCC2)n1. The average Bonchev–Trinajstić information content (AvgIpc) is 2.88. The maximum Gasteiger partial charge on any atom is 0.379 e. The molecule has 6 nitrogen and oxygen atoms in total. The van der Waals surface area contributed by atoms with E-state index < -0.39 is 5.97 Å². The number of ether oxygens (including phenoxy) is 1. The van der Waals surface area contributed by atoms with E-state index in [2.05, 4.69) is 10.1 Å². The van der Waals surface area contributed by atoms with Crippen LogP contribution in [0.15, 0.2) is 4.52 Å². The van der Waals surface area contributed by atoms with Gasteiger partial charge in [-0.15, -0.1) is 0 Å². The van der Waals surface area contributed by atoms with Gasteiger partial charge >= 0.3 is 5.97 Å². The molecule has 2 rings (SSSR count). The molecule has 2 N–H and O–H groups in total. The molecule has 0 atom stereocenters. The lowest BCUT2D eigenvalue weighted by atomic mass is 9.72. The Morgan fingerprint density at radius 3 is 2.79 bits per heavy atom. The van der Waals surface area contributed by atoms with Crippen LogP contribution in [0.4, 0.5) is 0 Å². The fourth-order valence-electron chi connectivity index (χ4n) is 2.68. The highest BCUT2D eigenvalue weighted by atomic mass is 16.5. The van der Waals surface area contributed by atoms with Gasteiger partial charge in [0.1, 0.15) is 0 Å². The second kappa shape index (κ2) is 6.14. The zero-order valence-electron chi connectivity index (χ0n) is 11.4. The van der Waals surface area contributed by atoms with Crippen LogP contribution in [-0.2, 0) is 11.2 Å². The van der Waals surface area contributed by atoms with Crippen LogP contribution in [0.2, 0.25) is 0 Å². The zero-order chi connectivity index (χ0) is 13.7. The Kier molecular flexibility index (Phi) is 4.52. The molecule has 0 saturated heterocycles. The molecule has 0 aromatic carbocycles. The summed E-state index contributed by atoms with van der Waals surface area (Å²) in [6.07, 6.45) is 6.46. The Balaban J connectivity index is 2.04. The predicted octanol–water partition coefficient (Wildman–Crippen LogP) is 1.70. The van der Waals surface area contributed by atoms with Crippen LogP contribution in [0.25, 0.3) is 0 Å². The molecule has 0 amide bonds. The topological polar surface area (TPSA) is 91.2 Å². The van der Waals surface area contributed by atoms with Crippen LogP contribution in [0.1, 0.15) is 55.5 Å². The summed E-state index contributed by atoms with van der Waals surface area (Å²) >= 11 is 0. The summed E-state index contributed by atoms with van der Waals surface area (Å²) in [5.74, 6) is -0.0572. The van der Waals surface area contributed by atoms with Crippen LogP contribution in [0.3, 0.4) is 0 Å². The minimum absolute atomic E-state index is 0.000157. The molecule has 6 heteroatoms. The first-order valence-corrected chi connectivity index (χ1v) is 6.89. The first-order valence-electron chi connectivity index (χ1n) is 6.89. The Labute approximate surface area is 112 Å². The van der Waals surface area contributed by atoms with E-state index in [0.717, 1.165) is 12.8 Å². The Hall–Kier alpha value is -1.43. The molecule has 1 aromatic heterocycles. The third kappa shape index (κ3) is 3.32. The van der Waals surface area contributed by atoms with Crippen molar-refractivity contribution in [1.29, 1.82) is 0 Å². The minimum atomic E-state index is -0.539. The van der Waals surface area contributed by atoms with Crippen molar-refractivity contribution < 1.29 is 14.1 Å². The van der Waals surface area contributed by atoms with Gasteiger partial charge in [0, 0.05) is 6.42 Å². The summed E-state index contributed by atoms with van der Waals surface area (Å²) in [6, 6.07) is 0. The maximum atomic E-state index is 11.5. The Bertz CT molecular complexity index is 425. The molecule has 1 aliphatic carbocycles. The molecule has 1 saturated carbocycles. The van der Waals surface area contributed by atoms with E-state index >= 15 is 0 Å². The normalized spacial score (nSPS) is 18.2. The van der Waals surface area contributed by atoms with Crippen molar-refractivity contribution in [2.24, 2.45) is 11.1 Å². The lowest BCUT2D eigenvalue weighted by Crippen LogP contribution is -2.35. The van der Waals surface area contributed by atoms with E-state index in [1.165, 1.54) is 19.3 Å². The van der Waals surface area contributed by atoms with Crippen molar-refractivity contribution in [1.82, 2.24) is 10.1 Å². The second-order valence-electron chi connectivity index (χ2n) is 5.17. The second-order valence-corrected chi connectivity index (χ2v) is 5.17. The molecule has 106 valence electrons. The standard InChI is InChI=1S/C13H21N3O3/c1-2-18-12(17)11-15-10(19-16-11)8-13(9-14)6-4-3-5-7-13/h2-9,14H2,1H3. The molecule has 0 spiro atoms. The Morgan fingerprint density at radius 2 is 2.16 bits per heavy atom. The molecular formula is C13H21N3O3. The highest BCUT2D eigenvalue weighted by Gasteiger charge is 2.33. The quantitative estimate of drug-likeness (QED) is 0.816. The number of hydrogen-bond acceptors (Lipinski definition) is 6. The lowest BCUT2D eigenvalue weighted by Gasteiger charge is -2.34. The van der Waals surface area contributed by atoms with Gasteiger partial charge in [0.2, 0.25) is 5.89 Å². The van der Waals surface area contributed by atoms with Gasteiger partial charge in [-0.05, 0) is 36.9 Å². The van der Waals surface area contributed by atoms with Crippen LogP contribution < -0.4 is 5.73 Å². The molecule has 1 heterocycles. The van der Waals surface area contributed by atoms with Crippen molar-refractivity contribution in [3.63, 3.8) is 0 Å². The van der Waals surface area contributed by atoms with Gasteiger partial charge in [-0.3, -0.25) is 0 Å². The van der Waals surface area contributed by atoms with Gasteiger partial charge in [-0.1, -0.05) is 19.3 Å². The number of aromatic nitrogens is 2. The molecule has 19 heavy (non-hydrogen) atoms. The molecule has 1 fully saturated rings. The van der Waals surface area contributed by atoms with Gasteiger partial charge in [0.15, 0.2) is 0 Å². The van der Waals surface area contributed by atoms with Gasteiger partial charge in [0.05, 0.1) is 6.61 Å². The number of rotatable bonds is 5. The van der Waals surface area contributed by atoms with Crippen molar-refractivity contribution in [3.05, 3.63) is 11.7 Å². The first-order chi connectivity index (χ1) is 9.19. The fraction of sp³-hybridized carbons (Fsp3) is 0.769. The van der Waals surface area contributed by atoms with Crippen molar-refractivity contribution in [3.8, 4) is 0 Å². The van der Waals surface area contributed by atoms with Crippen molar-refractivity contribution in [2.45, 2.75) is 45.4 Å². The highest BCUT2D eigenvalue weighted by Crippen LogP contribution is 2.37. The van der Waals surface area contributed by atoms with E-state index in [1.54, 1.807) is 6.92 Å². The fourth-order valence-corrected chi connectivity index (χ4v) is 2.68. The smallest absolute Gasteiger partial charge is 0.379 e. The molecule has 0 unspecified atom stereocenters. The van der Waals surface area contributed by atoms with Crippen LogP contribution in [-0.4, -0.2) is 29.3 Å². The lowest BCUT2D eigenvalue weighted by molar-refractivity contribution is 0.0508. The first kappa shape index (κ1) is 14.0. The molecule has 0 radical (unpaired) electrons. The average molecular weight is 267 g/mol. The molecule has 0 bridgehead atoms. The minimum Gasteiger partial charge on any atom is -0.460 e. The summed E-state index contributed by atoms with van der Waals surface area (Å²) < 4.78 is 9.98. The summed E-state index contributed by atoms with van der Waals surface area (Å²) in [4.78, 5) is 15.6. The van der Waals surface area contributed by atoms with E-state index in [9.17, 15) is 4.79 Å². The number of nitrogens with zero attached hydrogens (tertiary/aromatic N) is 2. The van der Waals surface area contributed by atoms with Gasteiger partial charge in [-0.25, -0.2) is 4.79 Å². The van der Waals surface area contributed by atoms with E-state index in [0.29, 0.717) is 25.5 Å². The van der Waals surface area contributed by atoms with Gasteiger partial charge in [-0.2, -0.15) is 4.98 Å². The van der Waals surface area contributed by atoms with Crippen molar-refractivity contribution >= 4 is 5.97 Å². The van der Waals surface area contributed by atoms with Crippen LogP contribution in [0.5, 0.6) is 0 Å². The van der Waals surface area contributed by atoms with Gasteiger partial charge in [0.25, 0.3) is 5.82 Å². The summed E-state index contributed by atoms with van der Waals surface area (Å²) in [7, 11) is 0. The third-order valence-corrected chi connectivity index (χ3v) is 3.80. The number of carbonyl (C=O) groups is 1. The summed E-state index contributed by atoms with van der Waals surface area (Å²) in [5.41, 5.74) is 5.97. The molecule has 0 aliphatic heterocycles. The van der Waals surface area contributed by atoms with E-state index in [1.807, 2.05) is 0 Å². The number of hydrogen-bond donors (Lipinski definition) is 1. The molecular weight excluding hydrogens is 246 g/mol. The third-order valence-electron chi connectivity index (χ3n) is 3.80. The van der Waals surface area contributed by atoms with Crippen molar-refractivity contribution in [2.75, 3.05) is 13.2 Å². The van der Waals surface area contributed by atoms with E-state index in [-0.39, 0.29) is 11.2 Å². The van der Waals surface area contributed by atoms with Crippen LogP contribution >= 0.6 is 0 Å². The molecule has 1 aromatic rings. The van der Waals surface area contributed by atoms with Crippen LogP contribution in [0, 0.1) is 5.41 Å². The number of esters is 1. The largest absolute Gasteiger partial charge is 0.460 e. The summed E-state index contributed by atoms with van der Waals surface area (Å²) in [6.45, 7) is 2.66. The van der Waals surface area contributed by atoms with Gasteiger partial charge < -0.3 is 15.0 Å².